The van der Waals surface area contributed by atoms with Crippen LogP contribution in [0.3, 0.4) is 0 Å². The minimum absolute atomic E-state index is 0.330. The van der Waals surface area contributed by atoms with Crippen molar-refractivity contribution in [1.29, 1.82) is 0 Å². The fourth-order valence-corrected chi connectivity index (χ4v) is 1.98. The van der Waals surface area contributed by atoms with Gasteiger partial charge in [0.2, 0.25) is 5.91 Å². The number of nitrogens with zero attached hydrogens (tertiary/aromatic N) is 1. The summed E-state index contributed by atoms with van der Waals surface area (Å²) in [6.45, 7) is 9.91. The van der Waals surface area contributed by atoms with Crippen LogP contribution in [0.1, 0.15) is 71.6 Å². The average Bonchev–Trinajstić information content (AvgIpc) is 2.34. The first-order valence-corrected chi connectivity index (χ1v) is 7.33. The van der Waals surface area contributed by atoms with Crippen molar-refractivity contribution < 1.29 is 4.79 Å². The number of rotatable bonds is 11. The van der Waals surface area contributed by atoms with Gasteiger partial charge in [0, 0.05) is 19.5 Å². The molecule has 0 bridgehead atoms. The Hall–Kier alpha value is -0.530. The Morgan fingerprint density at radius 2 is 1.71 bits per heavy atom. The molecule has 0 aromatic carbocycles. The summed E-state index contributed by atoms with van der Waals surface area (Å²) in [4.78, 5) is 13.9. The monoisotopic (exact) mass is 240 g/mol. The SMILES string of the molecule is [CH2]CCCCC(=O)N(CC)CCCCCCC. The molecule has 0 aromatic rings. The van der Waals surface area contributed by atoms with E-state index in [9.17, 15) is 4.79 Å². The second-order valence-corrected chi connectivity index (χ2v) is 4.70. The number of carbonyl (C=O) groups is 1. The molecule has 0 saturated carbocycles. The summed E-state index contributed by atoms with van der Waals surface area (Å²) in [5, 5.41) is 0. The van der Waals surface area contributed by atoms with Crippen molar-refractivity contribution in [3.8, 4) is 0 Å². The smallest absolute Gasteiger partial charge is 0.222 e. The van der Waals surface area contributed by atoms with E-state index >= 15 is 0 Å². The minimum atomic E-state index is 0.330. The average molecular weight is 240 g/mol. The van der Waals surface area contributed by atoms with Crippen molar-refractivity contribution >= 4 is 5.91 Å². The van der Waals surface area contributed by atoms with Gasteiger partial charge in [0.25, 0.3) is 0 Å². The van der Waals surface area contributed by atoms with Crippen molar-refractivity contribution in [3.63, 3.8) is 0 Å². The predicted molar refractivity (Wildman–Crippen MR) is 74.8 cm³/mol. The maximum absolute atomic E-state index is 11.9. The van der Waals surface area contributed by atoms with Gasteiger partial charge in [0.05, 0.1) is 0 Å². The van der Waals surface area contributed by atoms with Crippen molar-refractivity contribution in [2.75, 3.05) is 13.1 Å². The second-order valence-electron chi connectivity index (χ2n) is 4.70. The molecule has 0 rings (SSSR count). The molecular weight excluding hydrogens is 210 g/mol. The zero-order chi connectivity index (χ0) is 12.9. The highest BCUT2D eigenvalue weighted by atomic mass is 16.2. The highest BCUT2D eigenvalue weighted by Crippen LogP contribution is 2.07. The molecule has 0 heterocycles. The molecule has 0 aliphatic heterocycles. The van der Waals surface area contributed by atoms with Crippen molar-refractivity contribution in [1.82, 2.24) is 4.90 Å². The van der Waals surface area contributed by atoms with Gasteiger partial charge in [-0.2, -0.15) is 0 Å². The van der Waals surface area contributed by atoms with Crippen LogP contribution in [0.25, 0.3) is 0 Å². The molecule has 2 nitrogen and oxygen atoms in total. The third-order valence-corrected chi connectivity index (χ3v) is 3.16. The van der Waals surface area contributed by atoms with Crippen molar-refractivity contribution in [3.05, 3.63) is 6.92 Å². The maximum Gasteiger partial charge on any atom is 0.222 e. The lowest BCUT2D eigenvalue weighted by atomic mass is 10.1. The molecule has 0 spiro atoms. The second kappa shape index (κ2) is 11.9. The number of hydrogen-bond donors (Lipinski definition) is 0. The first-order valence-electron chi connectivity index (χ1n) is 7.33. The van der Waals surface area contributed by atoms with Gasteiger partial charge < -0.3 is 4.90 Å². The first-order chi connectivity index (χ1) is 8.26. The molecule has 0 fully saturated rings. The van der Waals surface area contributed by atoms with E-state index in [1.54, 1.807) is 0 Å². The molecule has 0 aliphatic rings. The maximum atomic E-state index is 11.9. The molecule has 0 N–H and O–H groups in total. The summed E-state index contributed by atoms with van der Waals surface area (Å²) in [5.41, 5.74) is 0. The quantitative estimate of drug-likeness (QED) is 0.496. The predicted octanol–water partition coefficient (Wildman–Crippen LogP) is 4.20. The Balaban J connectivity index is 3.62. The third-order valence-electron chi connectivity index (χ3n) is 3.16. The molecule has 0 atom stereocenters. The van der Waals surface area contributed by atoms with E-state index in [1.165, 1.54) is 25.7 Å². The molecule has 2 heteroatoms. The fourth-order valence-electron chi connectivity index (χ4n) is 1.98. The molecule has 101 valence electrons. The van der Waals surface area contributed by atoms with E-state index in [0.717, 1.165) is 38.8 Å². The van der Waals surface area contributed by atoms with Gasteiger partial charge in [-0.15, -0.1) is 0 Å². The standard InChI is InChI=1S/C15H30NO/c1-4-7-9-10-12-14-16(6-3)15(17)13-11-8-5-2/h2,4-14H2,1,3H3. The third kappa shape index (κ3) is 9.20. The highest BCUT2D eigenvalue weighted by molar-refractivity contribution is 5.76. The zero-order valence-electron chi connectivity index (χ0n) is 11.8. The van der Waals surface area contributed by atoms with Gasteiger partial charge in [-0.05, 0) is 19.8 Å². The highest BCUT2D eigenvalue weighted by Gasteiger charge is 2.09. The molecule has 1 radical (unpaired) electrons. The number of unbranched alkanes of at least 4 members (excludes halogenated alkanes) is 6. The lowest BCUT2D eigenvalue weighted by Gasteiger charge is -2.20. The molecule has 0 saturated heterocycles. The Labute approximate surface area is 108 Å². The zero-order valence-corrected chi connectivity index (χ0v) is 11.8. The fraction of sp³-hybridized carbons (Fsp3) is 0.867. The first kappa shape index (κ1) is 16.5. The van der Waals surface area contributed by atoms with Crippen LogP contribution in [0.2, 0.25) is 0 Å². The lowest BCUT2D eigenvalue weighted by Crippen LogP contribution is -2.31. The van der Waals surface area contributed by atoms with Crippen LogP contribution in [0, 0.1) is 6.92 Å². The Bertz CT molecular complexity index is 180. The summed E-state index contributed by atoms with van der Waals surface area (Å²) >= 11 is 0. The molecule has 17 heavy (non-hydrogen) atoms. The van der Waals surface area contributed by atoms with Crippen molar-refractivity contribution in [2.24, 2.45) is 0 Å². The largest absolute Gasteiger partial charge is 0.343 e. The summed E-state index contributed by atoms with van der Waals surface area (Å²) in [5.74, 6) is 0.330. The Kier molecular flexibility index (Phi) is 11.6. The number of amides is 1. The van der Waals surface area contributed by atoms with Crippen LogP contribution < -0.4 is 0 Å². The number of carbonyl (C=O) groups excluding carboxylic acids is 1. The van der Waals surface area contributed by atoms with Crippen LogP contribution >= 0.6 is 0 Å². The summed E-state index contributed by atoms with van der Waals surface area (Å²) < 4.78 is 0. The van der Waals surface area contributed by atoms with Gasteiger partial charge in [-0.1, -0.05) is 52.4 Å². The van der Waals surface area contributed by atoms with Gasteiger partial charge >= 0.3 is 0 Å². The minimum Gasteiger partial charge on any atom is -0.343 e. The van der Waals surface area contributed by atoms with Crippen LogP contribution in [0.5, 0.6) is 0 Å². The van der Waals surface area contributed by atoms with Gasteiger partial charge in [-0.3, -0.25) is 4.79 Å². The summed E-state index contributed by atoms with van der Waals surface area (Å²) in [6, 6.07) is 0. The van der Waals surface area contributed by atoms with E-state index in [0.29, 0.717) is 12.3 Å². The normalized spacial score (nSPS) is 10.5. The lowest BCUT2D eigenvalue weighted by molar-refractivity contribution is -0.131. The van der Waals surface area contributed by atoms with E-state index < -0.39 is 0 Å². The molecule has 0 aromatic heterocycles. The Morgan fingerprint density at radius 3 is 2.29 bits per heavy atom. The van der Waals surface area contributed by atoms with Gasteiger partial charge in [-0.25, -0.2) is 0 Å². The van der Waals surface area contributed by atoms with Gasteiger partial charge in [0.15, 0.2) is 0 Å². The summed E-state index contributed by atoms with van der Waals surface area (Å²) in [7, 11) is 0. The Morgan fingerprint density at radius 1 is 1.00 bits per heavy atom. The van der Waals surface area contributed by atoms with Gasteiger partial charge in [0.1, 0.15) is 0 Å². The van der Waals surface area contributed by atoms with Crippen LogP contribution in [0.15, 0.2) is 0 Å². The van der Waals surface area contributed by atoms with Crippen LogP contribution in [-0.2, 0) is 4.79 Å². The summed E-state index contributed by atoms with van der Waals surface area (Å²) in [6.07, 6.45) is 10.0. The van der Waals surface area contributed by atoms with E-state index in [-0.39, 0.29) is 0 Å². The van der Waals surface area contributed by atoms with Crippen molar-refractivity contribution in [2.45, 2.75) is 71.6 Å². The topological polar surface area (TPSA) is 20.3 Å². The van der Waals surface area contributed by atoms with Crippen LogP contribution in [0.4, 0.5) is 0 Å². The molecule has 1 amide bonds. The van der Waals surface area contributed by atoms with E-state index in [1.807, 2.05) is 4.90 Å². The molecule has 0 unspecified atom stereocenters. The van der Waals surface area contributed by atoms with E-state index in [2.05, 4.69) is 20.8 Å². The number of hydrogen-bond acceptors (Lipinski definition) is 1. The molecular formula is C15H30NO. The van der Waals surface area contributed by atoms with Crippen LogP contribution in [-0.4, -0.2) is 23.9 Å². The van der Waals surface area contributed by atoms with E-state index in [4.69, 9.17) is 0 Å². The molecule has 0 aliphatic carbocycles.